The first-order chi connectivity index (χ1) is 20.1. The van der Waals surface area contributed by atoms with Crippen LogP contribution in [0.2, 0.25) is 0 Å². The topological polar surface area (TPSA) is 121 Å². The SMILES string of the molecule is C[C@]12C=CC(O)C=C1CC[C@@H]1C2[C@@H](O)C[C@@]2(C)[C@H]1C[C@H]1O[C@@H](c3ccn(Cc4ccc(CO)cc4)c3)O[C@]12C(=O)CO. The van der Waals surface area contributed by atoms with E-state index in [0.717, 1.165) is 29.5 Å². The molecule has 42 heavy (non-hydrogen) atoms. The van der Waals surface area contributed by atoms with E-state index in [-0.39, 0.29) is 35.6 Å². The Labute approximate surface area is 246 Å². The Kier molecular flexibility index (Phi) is 6.70. The summed E-state index contributed by atoms with van der Waals surface area (Å²) in [4.78, 5) is 13.7. The lowest BCUT2D eigenvalue weighted by Gasteiger charge is -2.60. The molecule has 4 fully saturated rings. The van der Waals surface area contributed by atoms with E-state index in [1.165, 1.54) is 5.57 Å². The van der Waals surface area contributed by atoms with E-state index in [9.17, 15) is 25.2 Å². The summed E-state index contributed by atoms with van der Waals surface area (Å²) in [5, 5.41) is 41.6. The second-order valence-corrected chi connectivity index (χ2v) is 13.6. The van der Waals surface area contributed by atoms with Gasteiger partial charge in [0.25, 0.3) is 0 Å². The third-order valence-corrected chi connectivity index (χ3v) is 11.5. The second kappa shape index (κ2) is 9.97. The Hall–Kier alpha value is -2.59. The molecule has 1 aromatic carbocycles. The number of carbonyl (C=O) groups is 1. The van der Waals surface area contributed by atoms with Gasteiger partial charge in [-0.2, -0.15) is 0 Å². The predicted molar refractivity (Wildman–Crippen MR) is 154 cm³/mol. The molecule has 10 atom stereocenters. The van der Waals surface area contributed by atoms with Crippen molar-refractivity contribution < 1.29 is 34.7 Å². The fourth-order valence-electron chi connectivity index (χ4n) is 9.61. The molecular formula is C34H41NO7. The van der Waals surface area contributed by atoms with Crippen molar-refractivity contribution in [1.29, 1.82) is 0 Å². The summed E-state index contributed by atoms with van der Waals surface area (Å²) >= 11 is 0. The van der Waals surface area contributed by atoms with Gasteiger partial charge in [0, 0.05) is 41.2 Å². The average molecular weight is 576 g/mol. The number of hydrogen-bond acceptors (Lipinski definition) is 7. The molecule has 7 rings (SSSR count). The van der Waals surface area contributed by atoms with Gasteiger partial charge in [0.05, 0.1) is 24.9 Å². The quantitative estimate of drug-likeness (QED) is 0.390. The highest BCUT2D eigenvalue weighted by atomic mass is 16.7. The first kappa shape index (κ1) is 28.2. The predicted octanol–water partition coefficient (Wildman–Crippen LogP) is 3.42. The van der Waals surface area contributed by atoms with Crippen LogP contribution in [0.1, 0.15) is 62.5 Å². The Bertz CT molecular complexity index is 1430. The van der Waals surface area contributed by atoms with E-state index >= 15 is 0 Å². The fraction of sp³-hybridized carbons (Fsp3) is 0.559. The summed E-state index contributed by atoms with van der Waals surface area (Å²) in [6.07, 6.45) is 9.93. The first-order valence-electron chi connectivity index (χ1n) is 15.2. The molecule has 4 aliphatic carbocycles. The maximum atomic E-state index is 13.7. The molecule has 8 nitrogen and oxygen atoms in total. The zero-order chi connectivity index (χ0) is 29.4. The summed E-state index contributed by atoms with van der Waals surface area (Å²) in [5.74, 6) is -0.177. The molecule has 2 heterocycles. The summed E-state index contributed by atoms with van der Waals surface area (Å²) in [6, 6.07) is 9.74. The van der Waals surface area contributed by atoms with Gasteiger partial charge in [0.15, 0.2) is 17.7 Å². The van der Waals surface area contributed by atoms with Gasteiger partial charge in [0.1, 0.15) is 6.61 Å². The van der Waals surface area contributed by atoms with E-state index in [4.69, 9.17) is 9.47 Å². The smallest absolute Gasteiger partial charge is 0.193 e. The zero-order valence-corrected chi connectivity index (χ0v) is 24.2. The van der Waals surface area contributed by atoms with Crippen molar-refractivity contribution in [2.24, 2.45) is 28.6 Å². The van der Waals surface area contributed by atoms with Crippen LogP contribution in [0.15, 0.2) is 66.5 Å². The van der Waals surface area contributed by atoms with E-state index < -0.39 is 42.2 Å². The number of carbonyl (C=O) groups excluding carboxylic acids is 1. The monoisotopic (exact) mass is 575 g/mol. The summed E-state index contributed by atoms with van der Waals surface area (Å²) < 4.78 is 15.3. The van der Waals surface area contributed by atoms with E-state index in [1.54, 1.807) is 0 Å². The number of benzene rings is 1. The van der Waals surface area contributed by atoms with Crippen molar-refractivity contribution in [3.63, 3.8) is 0 Å². The molecular weight excluding hydrogens is 534 g/mol. The van der Waals surface area contributed by atoms with Crippen LogP contribution in [-0.4, -0.2) is 61.3 Å². The minimum atomic E-state index is -1.35. The number of Topliss-reactive ketones (excluding diaryl/α,β-unsaturated/α-hetero) is 1. The number of aromatic nitrogens is 1. The lowest BCUT2D eigenvalue weighted by molar-refractivity contribution is -0.201. The van der Waals surface area contributed by atoms with E-state index in [2.05, 4.69) is 19.9 Å². The maximum absolute atomic E-state index is 13.7. The number of aliphatic hydroxyl groups excluding tert-OH is 4. The largest absolute Gasteiger partial charge is 0.393 e. The van der Waals surface area contributed by atoms with Crippen molar-refractivity contribution in [2.45, 2.75) is 82.9 Å². The molecule has 0 bridgehead atoms. The molecule has 1 aliphatic heterocycles. The first-order valence-corrected chi connectivity index (χ1v) is 15.2. The molecule has 0 spiro atoms. The molecule has 224 valence electrons. The fourth-order valence-corrected chi connectivity index (χ4v) is 9.61. The molecule has 2 unspecified atom stereocenters. The van der Waals surface area contributed by atoms with Crippen LogP contribution in [0.4, 0.5) is 0 Å². The number of rotatable bonds is 6. The van der Waals surface area contributed by atoms with Gasteiger partial charge in [-0.15, -0.1) is 0 Å². The van der Waals surface area contributed by atoms with Gasteiger partial charge < -0.3 is 34.5 Å². The van der Waals surface area contributed by atoms with Crippen molar-refractivity contribution in [1.82, 2.24) is 4.57 Å². The molecule has 1 saturated heterocycles. The Morgan fingerprint density at radius 1 is 1.10 bits per heavy atom. The number of hydrogen-bond donors (Lipinski definition) is 4. The molecule has 0 amide bonds. The highest BCUT2D eigenvalue weighted by Crippen LogP contribution is 2.70. The number of allylic oxidation sites excluding steroid dienone is 2. The Morgan fingerprint density at radius 2 is 1.86 bits per heavy atom. The molecule has 5 aliphatic rings. The van der Waals surface area contributed by atoms with Crippen LogP contribution >= 0.6 is 0 Å². The highest BCUT2D eigenvalue weighted by Gasteiger charge is 2.75. The molecule has 8 heteroatoms. The van der Waals surface area contributed by atoms with Crippen LogP contribution in [0.25, 0.3) is 0 Å². The van der Waals surface area contributed by atoms with Crippen LogP contribution in [0, 0.1) is 28.6 Å². The number of fused-ring (bicyclic) bond motifs is 7. The van der Waals surface area contributed by atoms with Crippen molar-refractivity contribution in [3.05, 3.63) is 83.2 Å². The Morgan fingerprint density at radius 3 is 2.60 bits per heavy atom. The van der Waals surface area contributed by atoms with E-state index in [0.29, 0.717) is 19.4 Å². The van der Waals surface area contributed by atoms with E-state index in [1.807, 2.05) is 59.4 Å². The third-order valence-electron chi connectivity index (χ3n) is 11.5. The molecule has 4 N–H and O–H groups in total. The molecule has 1 aromatic heterocycles. The van der Waals surface area contributed by atoms with Gasteiger partial charge in [-0.25, -0.2) is 0 Å². The number of aliphatic hydroxyl groups is 4. The summed E-state index contributed by atoms with van der Waals surface area (Å²) in [5.41, 5.74) is 1.54. The van der Waals surface area contributed by atoms with Gasteiger partial charge in [0.2, 0.25) is 0 Å². The lowest BCUT2D eigenvalue weighted by Crippen LogP contribution is -2.63. The third kappa shape index (κ3) is 3.92. The second-order valence-electron chi connectivity index (χ2n) is 13.6. The minimum absolute atomic E-state index is 0.0105. The summed E-state index contributed by atoms with van der Waals surface area (Å²) in [7, 11) is 0. The Balaban J connectivity index is 1.17. The number of nitrogens with zero attached hydrogens (tertiary/aromatic N) is 1. The summed E-state index contributed by atoms with van der Waals surface area (Å²) in [6.45, 7) is 4.23. The van der Waals surface area contributed by atoms with Gasteiger partial charge in [-0.1, -0.05) is 61.9 Å². The van der Waals surface area contributed by atoms with Gasteiger partial charge >= 0.3 is 0 Å². The van der Waals surface area contributed by atoms with Crippen molar-refractivity contribution in [2.75, 3.05) is 6.61 Å². The number of ketones is 1. The average Bonchev–Trinajstić information content (AvgIpc) is 3.66. The van der Waals surface area contributed by atoms with Crippen molar-refractivity contribution in [3.8, 4) is 0 Å². The van der Waals surface area contributed by atoms with Gasteiger partial charge in [-0.3, -0.25) is 4.79 Å². The molecule has 3 saturated carbocycles. The minimum Gasteiger partial charge on any atom is -0.393 e. The van der Waals surface area contributed by atoms with Gasteiger partial charge in [-0.05, 0) is 54.7 Å². The number of ether oxygens (including phenoxy) is 2. The lowest BCUT2D eigenvalue weighted by atomic mass is 9.46. The van der Waals surface area contributed by atoms with Crippen LogP contribution < -0.4 is 0 Å². The standard InChI is InChI=1S/C34H41NO7/c1-32-11-9-24(38)13-23(32)7-8-25-26-14-29-34(28(40)19-37,33(26,2)15-27(39)30(25)32)42-31(41-29)22-10-12-35(17-22)16-20-3-5-21(18-36)6-4-20/h3-6,9-13,17,24-27,29-31,36-39H,7-8,14-16,18-19H2,1-2H3/t24?,25-,26-,27-,29+,30?,31+,32-,33-,34+/m0/s1. The van der Waals surface area contributed by atoms with Crippen LogP contribution in [0.5, 0.6) is 0 Å². The normalized spacial score (nSPS) is 42.0. The molecule has 0 radical (unpaired) electrons. The van der Waals surface area contributed by atoms with Crippen LogP contribution in [0.3, 0.4) is 0 Å². The highest BCUT2D eigenvalue weighted by molar-refractivity contribution is 5.91. The zero-order valence-electron chi connectivity index (χ0n) is 24.2. The van der Waals surface area contributed by atoms with Crippen LogP contribution in [-0.2, 0) is 27.4 Å². The van der Waals surface area contributed by atoms with Crippen molar-refractivity contribution >= 4 is 5.78 Å². The maximum Gasteiger partial charge on any atom is 0.193 e. The molecule has 2 aromatic rings.